The molecule has 0 radical (unpaired) electrons. The van der Waals surface area contributed by atoms with Gasteiger partial charge in [0.05, 0.1) is 12.7 Å². The van der Waals surface area contributed by atoms with E-state index in [4.69, 9.17) is 16.3 Å². The average Bonchev–Trinajstić information content (AvgIpc) is 2.65. The Hall–Kier alpha value is -0.230. The van der Waals surface area contributed by atoms with E-state index in [0.29, 0.717) is 10.4 Å². The number of hydrogen-bond donors (Lipinski definition) is 0. The summed E-state index contributed by atoms with van der Waals surface area (Å²) >= 11 is 7.27. The molecule has 1 aromatic rings. The first-order valence-electron chi connectivity index (χ1n) is 5.53. The summed E-state index contributed by atoms with van der Waals surface area (Å²) in [6, 6.07) is 0.467. The van der Waals surface area contributed by atoms with Crippen molar-refractivity contribution in [2.75, 3.05) is 13.2 Å². The second-order valence-corrected chi connectivity index (χ2v) is 5.48. The van der Waals surface area contributed by atoms with Crippen molar-refractivity contribution in [2.24, 2.45) is 0 Å². The van der Waals surface area contributed by atoms with Crippen molar-refractivity contribution in [1.82, 2.24) is 14.5 Å². The summed E-state index contributed by atoms with van der Waals surface area (Å²) in [5.41, 5.74) is 0.888. The molecule has 0 N–H and O–H groups in total. The maximum absolute atomic E-state index is 6.02. The molecule has 4 nitrogen and oxygen atoms in total. The molecule has 1 saturated heterocycles. The van der Waals surface area contributed by atoms with Gasteiger partial charge in [-0.05, 0) is 13.3 Å². The van der Waals surface area contributed by atoms with E-state index in [-0.39, 0.29) is 6.10 Å². The summed E-state index contributed by atoms with van der Waals surface area (Å²) in [5, 5.41) is 4.06. The second-order valence-electron chi connectivity index (χ2n) is 4.13. The van der Waals surface area contributed by atoms with Crippen molar-refractivity contribution in [3.05, 3.63) is 10.0 Å². The third kappa shape index (κ3) is 2.71. The van der Waals surface area contributed by atoms with E-state index in [0.717, 1.165) is 31.8 Å². The van der Waals surface area contributed by atoms with Crippen molar-refractivity contribution in [2.45, 2.75) is 39.0 Å². The van der Waals surface area contributed by atoms with Crippen molar-refractivity contribution < 1.29 is 4.74 Å². The predicted octanol–water partition coefficient (Wildman–Crippen LogP) is 2.19. The van der Waals surface area contributed by atoms with Crippen LogP contribution in [-0.4, -0.2) is 39.8 Å². The summed E-state index contributed by atoms with van der Waals surface area (Å²) in [6.07, 6.45) is 1.37. The van der Waals surface area contributed by atoms with Crippen LogP contribution in [0.3, 0.4) is 0 Å². The topological polar surface area (TPSA) is 38.2 Å². The van der Waals surface area contributed by atoms with Gasteiger partial charge in [-0.1, -0.05) is 23.0 Å². The normalized spacial score (nSPS) is 27.2. The van der Waals surface area contributed by atoms with Gasteiger partial charge >= 0.3 is 0 Å². The molecular formula is C10H16ClN3OS. The van der Waals surface area contributed by atoms with Gasteiger partial charge in [0.15, 0.2) is 0 Å². The molecular weight excluding hydrogens is 246 g/mol. The minimum Gasteiger partial charge on any atom is -0.376 e. The molecule has 2 atom stereocenters. The number of ether oxygens (including phenoxy) is 1. The molecule has 0 aromatic carbocycles. The summed E-state index contributed by atoms with van der Waals surface area (Å²) in [6.45, 7) is 6.79. The van der Waals surface area contributed by atoms with Crippen molar-refractivity contribution in [1.29, 1.82) is 0 Å². The van der Waals surface area contributed by atoms with Crippen LogP contribution in [0.15, 0.2) is 0 Å². The molecule has 0 spiro atoms. The zero-order chi connectivity index (χ0) is 11.5. The lowest BCUT2D eigenvalue weighted by molar-refractivity contribution is -0.0595. The molecule has 1 fully saturated rings. The Bertz CT molecular complexity index is 347. The van der Waals surface area contributed by atoms with Crippen LogP contribution in [0.5, 0.6) is 0 Å². The highest BCUT2D eigenvalue weighted by atomic mass is 35.5. The Kier molecular flexibility index (Phi) is 4.13. The maximum atomic E-state index is 6.02. The molecule has 1 aromatic heterocycles. The fourth-order valence-corrected chi connectivity index (χ4v) is 2.58. The van der Waals surface area contributed by atoms with Gasteiger partial charge in [-0.3, -0.25) is 4.90 Å². The summed E-state index contributed by atoms with van der Waals surface area (Å²) in [5.74, 6) is 0. The Labute approximate surface area is 105 Å². The molecule has 6 heteroatoms. The number of aromatic nitrogens is 2. The zero-order valence-electron chi connectivity index (χ0n) is 9.52. The molecule has 1 aliphatic rings. The second kappa shape index (κ2) is 5.40. The molecule has 2 rings (SSSR count). The van der Waals surface area contributed by atoms with E-state index in [1.807, 2.05) is 0 Å². The van der Waals surface area contributed by atoms with Crippen LogP contribution in [0.4, 0.5) is 0 Å². The van der Waals surface area contributed by atoms with E-state index in [2.05, 4.69) is 28.3 Å². The first kappa shape index (κ1) is 12.2. The fraction of sp³-hybridized carbons (Fsp3) is 0.800. The van der Waals surface area contributed by atoms with Crippen molar-refractivity contribution in [3.8, 4) is 0 Å². The van der Waals surface area contributed by atoms with Gasteiger partial charge in [0.25, 0.3) is 0 Å². The van der Waals surface area contributed by atoms with E-state index < -0.39 is 0 Å². The number of hydrogen-bond acceptors (Lipinski definition) is 5. The third-order valence-electron chi connectivity index (χ3n) is 2.91. The Balaban J connectivity index is 2.03. The van der Waals surface area contributed by atoms with Crippen LogP contribution in [-0.2, 0) is 11.3 Å². The summed E-state index contributed by atoms with van der Waals surface area (Å²) < 4.78 is 10.2. The molecule has 16 heavy (non-hydrogen) atoms. The van der Waals surface area contributed by atoms with Crippen LogP contribution in [0.2, 0.25) is 4.34 Å². The molecule has 0 bridgehead atoms. The number of morpholine rings is 1. The Morgan fingerprint density at radius 2 is 2.44 bits per heavy atom. The number of rotatable bonds is 3. The molecule has 0 amide bonds. The Morgan fingerprint density at radius 3 is 3.06 bits per heavy atom. The molecule has 0 saturated carbocycles. The fourth-order valence-electron chi connectivity index (χ4n) is 1.97. The molecule has 90 valence electrons. The van der Waals surface area contributed by atoms with Gasteiger partial charge in [0, 0.05) is 30.7 Å². The van der Waals surface area contributed by atoms with E-state index >= 15 is 0 Å². The van der Waals surface area contributed by atoms with Gasteiger partial charge in [0.1, 0.15) is 10.0 Å². The van der Waals surface area contributed by atoms with E-state index in [1.54, 1.807) is 0 Å². The summed E-state index contributed by atoms with van der Waals surface area (Å²) in [7, 11) is 0. The molecule has 2 heterocycles. The van der Waals surface area contributed by atoms with Gasteiger partial charge in [-0.15, -0.1) is 5.10 Å². The SMILES string of the molecule is CC[C@@H]1CO[C@H](C)CN1Cc1nnsc1Cl. The minimum atomic E-state index is 0.285. The monoisotopic (exact) mass is 261 g/mol. The van der Waals surface area contributed by atoms with E-state index in [1.165, 1.54) is 11.5 Å². The third-order valence-corrected chi connectivity index (χ3v) is 3.90. The number of halogens is 1. The lowest BCUT2D eigenvalue weighted by atomic mass is 10.1. The van der Waals surface area contributed by atoms with Crippen molar-refractivity contribution in [3.63, 3.8) is 0 Å². The molecule has 1 aliphatic heterocycles. The quantitative estimate of drug-likeness (QED) is 0.836. The lowest BCUT2D eigenvalue weighted by Gasteiger charge is -2.37. The average molecular weight is 262 g/mol. The van der Waals surface area contributed by atoms with Gasteiger partial charge in [0.2, 0.25) is 0 Å². The Morgan fingerprint density at radius 1 is 1.62 bits per heavy atom. The van der Waals surface area contributed by atoms with Gasteiger partial charge in [-0.2, -0.15) is 0 Å². The van der Waals surface area contributed by atoms with Gasteiger partial charge < -0.3 is 4.74 Å². The smallest absolute Gasteiger partial charge is 0.138 e. The minimum absolute atomic E-state index is 0.285. The van der Waals surface area contributed by atoms with E-state index in [9.17, 15) is 0 Å². The zero-order valence-corrected chi connectivity index (χ0v) is 11.1. The first-order valence-corrected chi connectivity index (χ1v) is 6.68. The highest BCUT2D eigenvalue weighted by Gasteiger charge is 2.26. The summed E-state index contributed by atoms with van der Waals surface area (Å²) in [4.78, 5) is 2.39. The van der Waals surface area contributed by atoms with Crippen LogP contribution < -0.4 is 0 Å². The molecule has 0 aliphatic carbocycles. The molecule has 0 unspecified atom stereocenters. The highest BCUT2D eigenvalue weighted by Crippen LogP contribution is 2.22. The largest absolute Gasteiger partial charge is 0.376 e. The number of nitrogens with zero attached hydrogens (tertiary/aromatic N) is 3. The predicted molar refractivity (Wildman–Crippen MR) is 64.8 cm³/mol. The van der Waals surface area contributed by atoms with Crippen LogP contribution in [0, 0.1) is 0 Å². The van der Waals surface area contributed by atoms with Crippen LogP contribution >= 0.6 is 23.1 Å². The highest BCUT2D eigenvalue weighted by molar-refractivity contribution is 7.10. The van der Waals surface area contributed by atoms with Crippen LogP contribution in [0.25, 0.3) is 0 Å². The van der Waals surface area contributed by atoms with Gasteiger partial charge in [-0.25, -0.2) is 0 Å². The standard InChI is InChI=1S/C10H16ClN3OS/c1-3-8-6-15-7(2)4-14(8)5-9-10(11)16-13-12-9/h7-8H,3-6H2,1-2H3/t7-,8-/m1/s1. The van der Waals surface area contributed by atoms with Crippen molar-refractivity contribution >= 4 is 23.1 Å². The lowest BCUT2D eigenvalue weighted by Crippen LogP contribution is -2.47. The first-order chi connectivity index (χ1) is 7.70. The van der Waals surface area contributed by atoms with Crippen LogP contribution in [0.1, 0.15) is 26.0 Å². The maximum Gasteiger partial charge on any atom is 0.138 e.